The zero-order valence-corrected chi connectivity index (χ0v) is 8.03. The van der Waals surface area contributed by atoms with Crippen LogP contribution in [0.4, 0.5) is 0 Å². The smallest absolute Gasteiger partial charge is 0.0932 e. The van der Waals surface area contributed by atoms with Gasteiger partial charge in [-0.25, -0.2) is 0 Å². The molecule has 1 unspecified atom stereocenters. The number of terminal acetylenes is 1. The Morgan fingerprint density at radius 3 is 3.00 bits per heavy atom. The Balaban J connectivity index is 2.54. The number of aliphatic hydroxyl groups excluding tert-OH is 1. The Labute approximate surface area is 81.0 Å². The summed E-state index contributed by atoms with van der Waals surface area (Å²) in [5.41, 5.74) is 0.861. The molecule has 0 spiro atoms. The van der Waals surface area contributed by atoms with Crippen LogP contribution in [-0.2, 0) is 0 Å². The van der Waals surface area contributed by atoms with E-state index < -0.39 is 6.10 Å². The fourth-order valence-electron chi connectivity index (χ4n) is 0.885. The predicted molar refractivity (Wildman–Crippen MR) is 52.4 cm³/mol. The third-order valence-corrected chi connectivity index (χ3v) is 2.64. The van der Waals surface area contributed by atoms with E-state index in [2.05, 4.69) is 5.92 Å². The minimum atomic E-state index is -0.468. The minimum absolute atomic E-state index is 0.468. The van der Waals surface area contributed by atoms with Crippen LogP contribution in [0.25, 0.3) is 0 Å². The van der Waals surface area contributed by atoms with Gasteiger partial charge in [0.25, 0.3) is 0 Å². The van der Waals surface area contributed by atoms with E-state index >= 15 is 0 Å². The van der Waals surface area contributed by atoms with E-state index in [1.165, 1.54) is 11.3 Å². The summed E-state index contributed by atoms with van der Waals surface area (Å²) in [6.07, 6.45) is 5.80. The van der Waals surface area contributed by atoms with Crippen molar-refractivity contribution in [1.29, 1.82) is 0 Å². The van der Waals surface area contributed by atoms with E-state index in [1.807, 2.05) is 5.38 Å². The molecule has 0 bridgehead atoms. The van der Waals surface area contributed by atoms with Crippen LogP contribution >= 0.6 is 22.9 Å². The Hall–Kier alpha value is -0.490. The molecule has 0 saturated carbocycles. The molecular formula is C9H9ClOS. The number of halogens is 1. The minimum Gasteiger partial charge on any atom is -0.388 e. The maximum Gasteiger partial charge on any atom is 0.0932 e. The maximum atomic E-state index is 9.52. The summed E-state index contributed by atoms with van der Waals surface area (Å²) in [5.74, 6) is 2.49. The molecule has 64 valence electrons. The van der Waals surface area contributed by atoms with Gasteiger partial charge in [0, 0.05) is 6.42 Å². The molecule has 3 heteroatoms. The van der Waals surface area contributed by atoms with Gasteiger partial charge in [-0.3, -0.25) is 0 Å². The molecule has 1 N–H and O–H groups in total. The van der Waals surface area contributed by atoms with Gasteiger partial charge in [0.05, 0.1) is 10.4 Å². The van der Waals surface area contributed by atoms with Crippen LogP contribution in [0, 0.1) is 12.3 Å². The molecule has 1 heterocycles. The van der Waals surface area contributed by atoms with E-state index in [-0.39, 0.29) is 0 Å². The van der Waals surface area contributed by atoms with Crippen molar-refractivity contribution < 1.29 is 5.11 Å². The predicted octanol–water partition coefficient (Wildman–Crippen LogP) is 2.85. The van der Waals surface area contributed by atoms with Gasteiger partial charge in [0.2, 0.25) is 0 Å². The Kier molecular flexibility index (Phi) is 3.61. The Morgan fingerprint density at radius 1 is 1.75 bits per heavy atom. The van der Waals surface area contributed by atoms with Crippen molar-refractivity contribution in [3.63, 3.8) is 0 Å². The van der Waals surface area contributed by atoms with Crippen molar-refractivity contribution in [2.75, 3.05) is 0 Å². The van der Waals surface area contributed by atoms with Gasteiger partial charge in [-0.15, -0.1) is 23.7 Å². The van der Waals surface area contributed by atoms with Gasteiger partial charge in [-0.1, -0.05) is 11.6 Å². The van der Waals surface area contributed by atoms with E-state index in [0.717, 1.165) is 5.56 Å². The summed E-state index contributed by atoms with van der Waals surface area (Å²) in [5, 5.41) is 11.4. The van der Waals surface area contributed by atoms with Gasteiger partial charge >= 0.3 is 0 Å². The lowest BCUT2D eigenvalue weighted by Gasteiger charge is -2.04. The molecule has 0 amide bonds. The second-order valence-corrected chi connectivity index (χ2v) is 3.99. The molecule has 0 aromatic carbocycles. The number of rotatable bonds is 3. The third kappa shape index (κ3) is 2.53. The molecule has 0 aliphatic carbocycles. The summed E-state index contributed by atoms with van der Waals surface area (Å²) in [4.78, 5) is 0. The highest BCUT2D eigenvalue weighted by molar-refractivity contribution is 7.14. The highest BCUT2D eigenvalue weighted by Gasteiger charge is 2.07. The largest absolute Gasteiger partial charge is 0.388 e. The molecule has 12 heavy (non-hydrogen) atoms. The summed E-state index contributed by atoms with van der Waals surface area (Å²) in [7, 11) is 0. The van der Waals surface area contributed by atoms with E-state index in [4.69, 9.17) is 18.0 Å². The van der Waals surface area contributed by atoms with Crippen LogP contribution in [0.3, 0.4) is 0 Å². The zero-order chi connectivity index (χ0) is 8.97. The summed E-state index contributed by atoms with van der Waals surface area (Å²) in [6, 6.07) is 1.77. The van der Waals surface area contributed by atoms with E-state index in [9.17, 15) is 5.11 Å². The number of hydrogen-bond acceptors (Lipinski definition) is 2. The molecule has 1 rings (SSSR count). The fraction of sp³-hybridized carbons (Fsp3) is 0.333. The second kappa shape index (κ2) is 4.51. The zero-order valence-electron chi connectivity index (χ0n) is 6.46. The molecule has 0 fully saturated rings. The first-order chi connectivity index (χ1) is 5.74. The van der Waals surface area contributed by atoms with Crippen LogP contribution in [0.5, 0.6) is 0 Å². The number of aliphatic hydroxyl groups is 1. The lowest BCUT2D eigenvalue weighted by atomic mass is 10.1. The fourth-order valence-corrected chi connectivity index (χ4v) is 1.82. The van der Waals surface area contributed by atoms with Gasteiger partial charge in [0.1, 0.15) is 0 Å². The highest BCUT2D eigenvalue weighted by atomic mass is 35.5. The first kappa shape index (κ1) is 9.60. The quantitative estimate of drug-likeness (QED) is 0.744. The first-order valence-corrected chi connectivity index (χ1v) is 4.85. The maximum absolute atomic E-state index is 9.52. The molecule has 1 aromatic rings. The normalized spacial score (nSPS) is 12.4. The number of thiophene rings is 1. The van der Waals surface area contributed by atoms with Crippen molar-refractivity contribution in [3.05, 3.63) is 21.3 Å². The summed E-state index contributed by atoms with van der Waals surface area (Å²) in [6.45, 7) is 0. The highest BCUT2D eigenvalue weighted by Crippen LogP contribution is 2.26. The van der Waals surface area contributed by atoms with Crippen molar-refractivity contribution in [1.82, 2.24) is 0 Å². The Bertz CT molecular complexity index is 287. The average molecular weight is 201 g/mol. The summed E-state index contributed by atoms with van der Waals surface area (Å²) < 4.78 is 0.699. The SMILES string of the molecule is C#CCCC(O)c1csc(Cl)c1. The number of hydrogen-bond donors (Lipinski definition) is 1. The third-order valence-electron chi connectivity index (χ3n) is 1.53. The molecule has 1 nitrogen and oxygen atoms in total. The standard InChI is InChI=1S/C9H9ClOS/c1-2-3-4-8(11)7-5-9(10)12-6-7/h1,5-6,8,11H,3-4H2. The van der Waals surface area contributed by atoms with Crippen LogP contribution in [0.2, 0.25) is 4.34 Å². The lowest BCUT2D eigenvalue weighted by molar-refractivity contribution is 0.170. The molecule has 0 aliphatic heterocycles. The van der Waals surface area contributed by atoms with Gasteiger partial charge in [-0.05, 0) is 23.4 Å². The topological polar surface area (TPSA) is 20.2 Å². The summed E-state index contributed by atoms with van der Waals surface area (Å²) >= 11 is 7.13. The van der Waals surface area contributed by atoms with Crippen molar-refractivity contribution >= 4 is 22.9 Å². The monoisotopic (exact) mass is 200 g/mol. The van der Waals surface area contributed by atoms with Crippen LogP contribution in [0.1, 0.15) is 24.5 Å². The molecule has 0 aliphatic rings. The van der Waals surface area contributed by atoms with Gasteiger partial charge < -0.3 is 5.11 Å². The molecule has 0 radical (unpaired) electrons. The van der Waals surface area contributed by atoms with Crippen LogP contribution in [0.15, 0.2) is 11.4 Å². The Morgan fingerprint density at radius 2 is 2.50 bits per heavy atom. The van der Waals surface area contributed by atoms with Crippen LogP contribution in [-0.4, -0.2) is 5.11 Å². The molecule has 0 saturated heterocycles. The van der Waals surface area contributed by atoms with Crippen molar-refractivity contribution in [3.8, 4) is 12.3 Å². The first-order valence-electron chi connectivity index (χ1n) is 3.59. The van der Waals surface area contributed by atoms with E-state index in [1.54, 1.807) is 6.07 Å². The van der Waals surface area contributed by atoms with Crippen molar-refractivity contribution in [2.24, 2.45) is 0 Å². The van der Waals surface area contributed by atoms with Gasteiger partial charge in [-0.2, -0.15) is 0 Å². The lowest BCUT2D eigenvalue weighted by Crippen LogP contribution is -1.93. The molecule has 1 aromatic heterocycles. The van der Waals surface area contributed by atoms with Gasteiger partial charge in [0.15, 0.2) is 0 Å². The average Bonchev–Trinajstić information content (AvgIpc) is 2.47. The second-order valence-electron chi connectivity index (χ2n) is 2.44. The molecule has 1 atom stereocenters. The van der Waals surface area contributed by atoms with Crippen molar-refractivity contribution in [2.45, 2.75) is 18.9 Å². The van der Waals surface area contributed by atoms with E-state index in [0.29, 0.717) is 17.2 Å². The van der Waals surface area contributed by atoms with Crippen LogP contribution < -0.4 is 0 Å². The molecular weight excluding hydrogens is 192 g/mol.